The number of carbonyl (C=O) groups is 1. The van der Waals surface area contributed by atoms with Gasteiger partial charge in [-0.25, -0.2) is 27.2 Å². The van der Waals surface area contributed by atoms with Gasteiger partial charge in [0.1, 0.15) is 5.82 Å². The molecule has 7 nitrogen and oxygen atoms in total. The summed E-state index contributed by atoms with van der Waals surface area (Å²) in [5, 5.41) is 3.51. The number of nitrogens with zero attached hydrogens (tertiary/aromatic N) is 2. The zero-order chi connectivity index (χ0) is 28.0. The van der Waals surface area contributed by atoms with Gasteiger partial charge in [-0.3, -0.25) is 14.8 Å². The first kappa shape index (κ1) is 27.4. The second-order valence-electron chi connectivity index (χ2n) is 9.93. The van der Waals surface area contributed by atoms with Crippen molar-refractivity contribution in [1.29, 1.82) is 0 Å². The van der Waals surface area contributed by atoms with E-state index in [1.807, 2.05) is 0 Å². The quantitative estimate of drug-likeness (QED) is 0.286. The summed E-state index contributed by atoms with van der Waals surface area (Å²) in [6.07, 6.45) is 1.43. The third-order valence-corrected chi connectivity index (χ3v) is 7.77. The van der Waals surface area contributed by atoms with Crippen LogP contribution in [-0.2, 0) is 14.8 Å². The fourth-order valence-corrected chi connectivity index (χ4v) is 5.27. The zero-order valence-corrected chi connectivity index (χ0v) is 22.9. The van der Waals surface area contributed by atoms with E-state index in [0.717, 1.165) is 12.1 Å². The number of sulfonamides is 1. The first-order valence-corrected chi connectivity index (χ1v) is 13.4. The van der Waals surface area contributed by atoms with Gasteiger partial charge in [0.2, 0.25) is 11.9 Å². The smallest absolute Gasteiger partial charge is 0.262 e. The lowest BCUT2D eigenvalue weighted by molar-refractivity contribution is -0.123. The molecule has 11 heteroatoms. The highest BCUT2D eigenvalue weighted by atomic mass is 35.5. The van der Waals surface area contributed by atoms with Crippen LogP contribution < -0.4 is 10.0 Å². The molecule has 0 bridgehead atoms. The summed E-state index contributed by atoms with van der Waals surface area (Å²) < 4.78 is 58.7. The van der Waals surface area contributed by atoms with E-state index in [1.54, 1.807) is 34.6 Å². The van der Waals surface area contributed by atoms with Crippen LogP contribution in [-0.4, -0.2) is 24.3 Å². The number of aryl methyl sites for hydroxylation is 2. The monoisotopic (exact) mass is 558 g/mol. The average molecular weight is 559 g/mol. The van der Waals surface area contributed by atoms with Gasteiger partial charge in [0, 0.05) is 22.0 Å². The number of halogens is 3. The number of benzene rings is 3. The number of fused-ring (bicyclic) bond motifs is 1. The van der Waals surface area contributed by atoms with Crippen molar-refractivity contribution in [1.82, 2.24) is 9.97 Å². The maximum atomic E-state index is 15.6. The third kappa shape index (κ3) is 5.46. The molecule has 0 saturated carbocycles. The Morgan fingerprint density at radius 3 is 2.39 bits per heavy atom. The molecule has 1 heterocycles. The van der Waals surface area contributed by atoms with Crippen LogP contribution >= 0.6 is 11.6 Å². The van der Waals surface area contributed by atoms with E-state index < -0.39 is 38.3 Å². The lowest BCUT2D eigenvalue weighted by Gasteiger charge is -2.17. The van der Waals surface area contributed by atoms with Gasteiger partial charge in [0.15, 0.2) is 5.82 Å². The first-order chi connectivity index (χ1) is 17.7. The number of anilines is 2. The molecule has 4 aromatic rings. The Morgan fingerprint density at radius 2 is 1.71 bits per heavy atom. The standard InChI is InChI=1S/C27H25ClF2N4O3S/c1-14-11-22(15(2)10-18(14)28)38(36,37)34-21-9-7-19(29)23(24(21)30)16-6-8-20-17(12-16)13-31-26(32-20)33-25(35)27(3,4)5/h6-13,34H,1-5H3,(H,31,32,33,35). The summed E-state index contributed by atoms with van der Waals surface area (Å²) in [5.74, 6) is -2.11. The molecule has 0 fully saturated rings. The summed E-state index contributed by atoms with van der Waals surface area (Å²) in [7, 11) is -4.20. The summed E-state index contributed by atoms with van der Waals surface area (Å²) in [4.78, 5) is 20.6. The van der Waals surface area contributed by atoms with Crippen molar-refractivity contribution in [3.8, 4) is 11.1 Å². The molecule has 0 spiro atoms. The minimum Gasteiger partial charge on any atom is -0.294 e. The van der Waals surface area contributed by atoms with E-state index in [-0.39, 0.29) is 22.3 Å². The predicted molar refractivity (Wildman–Crippen MR) is 145 cm³/mol. The number of hydrogen-bond acceptors (Lipinski definition) is 5. The molecule has 2 N–H and O–H groups in total. The largest absolute Gasteiger partial charge is 0.294 e. The number of nitrogens with one attached hydrogen (secondary N) is 2. The normalized spacial score (nSPS) is 12.0. The molecule has 198 valence electrons. The molecule has 0 saturated heterocycles. The summed E-state index contributed by atoms with van der Waals surface area (Å²) in [6, 6.07) is 9.39. The zero-order valence-electron chi connectivity index (χ0n) is 21.3. The van der Waals surface area contributed by atoms with Crippen LogP contribution in [0, 0.1) is 30.9 Å². The molecule has 0 unspecified atom stereocenters. The maximum absolute atomic E-state index is 15.6. The van der Waals surface area contributed by atoms with Gasteiger partial charge in [-0.15, -0.1) is 0 Å². The highest BCUT2D eigenvalue weighted by molar-refractivity contribution is 7.92. The number of hydrogen-bond donors (Lipinski definition) is 2. The van der Waals surface area contributed by atoms with Gasteiger partial charge < -0.3 is 0 Å². The fourth-order valence-electron chi connectivity index (χ4n) is 3.68. The molecule has 38 heavy (non-hydrogen) atoms. The average Bonchev–Trinajstić information content (AvgIpc) is 2.82. The molecule has 1 aromatic heterocycles. The van der Waals surface area contributed by atoms with Crippen LogP contribution in [0.1, 0.15) is 31.9 Å². The Balaban J connectivity index is 1.70. The van der Waals surface area contributed by atoms with Crippen LogP contribution in [0.2, 0.25) is 5.02 Å². The molecule has 3 aromatic carbocycles. The van der Waals surface area contributed by atoms with Gasteiger partial charge in [-0.05, 0) is 66.9 Å². The second-order valence-corrected chi connectivity index (χ2v) is 12.0. The van der Waals surface area contributed by atoms with Crippen molar-refractivity contribution in [2.75, 3.05) is 10.0 Å². The Labute approximate surface area is 224 Å². The SMILES string of the molecule is Cc1cc(S(=O)(=O)Nc2ccc(F)c(-c3ccc4nc(NC(=O)C(C)(C)C)ncc4c3)c2F)c(C)cc1Cl. The van der Waals surface area contributed by atoms with Gasteiger partial charge in [0.25, 0.3) is 10.0 Å². The van der Waals surface area contributed by atoms with Crippen LogP contribution in [0.4, 0.5) is 20.4 Å². The molecule has 0 aliphatic carbocycles. The molecule has 0 aliphatic rings. The van der Waals surface area contributed by atoms with E-state index in [1.165, 1.54) is 36.5 Å². The van der Waals surface area contributed by atoms with Crippen molar-refractivity contribution in [3.05, 3.63) is 76.4 Å². The van der Waals surface area contributed by atoms with E-state index in [2.05, 4.69) is 20.0 Å². The summed E-state index contributed by atoms with van der Waals surface area (Å²) in [5.41, 5.74) is 0.0444. The van der Waals surface area contributed by atoms with Gasteiger partial charge in [0.05, 0.1) is 21.7 Å². The van der Waals surface area contributed by atoms with Crippen molar-refractivity contribution in [3.63, 3.8) is 0 Å². The lowest BCUT2D eigenvalue weighted by atomic mass is 9.96. The Morgan fingerprint density at radius 1 is 1.00 bits per heavy atom. The number of aromatic nitrogens is 2. The van der Waals surface area contributed by atoms with Crippen LogP contribution in [0.25, 0.3) is 22.0 Å². The molecule has 1 amide bonds. The topological polar surface area (TPSA) is 101 Å². The van der Waals surface area contributed by atoms with Crippen LogP contribution in [0.5, 0.6) is 0 Å². The highest BCUT2D eigenvalue weighted by Gasteiger charge is 2.24. The molecule has 4 rings (SSSR count). The molecular formula is C27H25ClF2N4O3S. The minimum atomic E-state index is -4.20. The van der Waals surface area contributed by atoms with E-state index in [4.69, 9.17) is 11.6 Å². The number of rotatable bonds is 5. The minimum absolute atomic E-state index is 0.0677. The van der Waals surface area contributed by atoms with E-state index >= 15 is 4.39 Å². The van der Waals surface area contributed by atoms with Crippen molar-refractivity contribution >= 4 is 50.1 Å². The van der Waals surface area contributed by atoms with Crippen molar-refractivity contribution in [2.45, 2.75) is 39.5 Å². The van der Waals surface area contributed by atoms with E-state index in [0.29, 0.717) is 27.1 Å². The Bertz CT molecular complexity index is 1700. The molecule has 0 atom stereocenters. The van der Waals surface area contributed by atoms with Crippen molar-refractivity contribution in [2.24, 2.45) is 5.41 Å². The van der Waals surface area contributed by atoms with Crippen LogP contribution in [0.15, 0.2) is 53.6 Å². The molecule has 0 aliphatic heterocycles. The van der Waals surface area contributed by atoms with Gasteiger partial charge in [-0.2, -0.15) is 0 Å². The predicted octanol–water partition coefficient (Wildman–Crippen LogP) is 6.63. The maximum Gasteiger partial charge on any atom is 0.262 e. The van der Waals surface area contributed by atoms with Crippen molar-refractivity contribution < 1.29 is 22.0 Å². The first-order valence-electron chi connectivity index (χ1n) is 11.5. The Kier molecular flexibility index (Phi) is 7.15. The highest BCUT2D eigenvalue weighted by Crippen LogP contribution is 2.34. The fraction of sp³-hybridized carbons (Fsp3) is 0.222. The third-order valence-electron chi connectivity index (χ3n) is 5.86. The van der Waals surface area contributed by atoms with Gasteiger partial charge >= 0.3 is 0 Å². The molecule has 0 radical (unpaired) electrons. The number of amides is 1. The number of carbonyl (C=O) groups excluding carboxylic acids is 1. The summed E-state index contributed by atoms with van der Waals surface area (Å²) in [6.45, 7) is 8.49. The molecular weight excluding hydrogens is 534 g/mol. The Hall–Kier alpha value is -3.63. The second kappa shape index (κ2) is 9.92. The summed E-state index contributed by atoms with van der Waals surface area (Å²) >= 11 is 6.07. The van der Waals surface area contributed by atoms with Crippen LogP contribution in [0.3, 0.4) is 0 Å². The van der Waals surface area contributed by atoms with Gasteiger partial charge in [-0.1, -0.05) is 38.4 Å². The van der Waals surface area contributed by atoms with E-state index in [9.17, 15) is 17.6 Å². The lowest BCUT2D eigenvalue weighted by Crippen LogP contribution is -2.28.